The van der Waals surface area contributed by atoms with Crippen LogP contribution in [0.15, 0.2) is 24.3 Å². The lowest BCUT2D eigenvalue weighted by Gasteiger charge is -2.23. The molecule has 1 N–H and O–H groups in total. The Kier molecular flexibility index (Phi) is 4.27. The summed E-state index contributed by atoms with van der Waals surface area (Å²) in [5.41, 5.74) is 0.977. The largest absolute Gasteiger partial charge is 0.374 e. The summed E-state index contributed by atoms with van der Waals surface area (Å²) in [6, 6.07) is 6.35. The van der Waals surface area contributed by atoms with E-state index in [1.807, 2.05) is 0 Å². The maximum Gasteiger partial charge on any atom is 0.123 e. The standard InChI is InChI=1S/C12H16FNO2/c13-11-3-1-10(2-4-11)8-15-9-12-7-14-5-6-16-12/h1-4,12,14H,5-9H2. The molecule has 0 aromatic heterocycles. The molecule has 0 amide bonds. The molecule has 1 aliphatic heterocycles. The molecule has 2 rings (SSSR count). The van der Waals surface area contributed by atoms with Gasteiger partial charge in [0.25, 0.3) is 0 Å². The topological polar surface area (TPSA) is 30.5 Å². The van der Waals surface area contributed by atoms with Crippen LogP contribution in [-0.4, -0.2) is 32.4 Å². The Morgan fingerprint density at radius 2 is 2.19 bits per heavy atom. The summed E-state index contributed by atoms with van der Waals surface area (Å²) in [6.45, 7) is 3.56. The van der Waals surface area contributed by atoms with Gasteiger partial charge < -0.3 is 14.8 Å². The number of halogens is 1. The third kappa shape index (κ3) is 3.56. The van der Waals surface area contributed by atoms with Crippen molar-refractivity contribution < 1.29 is 13.9 Å². The van der Waals surface area contributed by atoms with Crippen LogP contribution in [0.25, 0.3) is 0 Å². The highest BCUT2D eigenvalue weighted by Gasteiger charge is 2.12. The van der Waals surface area contributed by atoms with E-state index in [-0.39, 0.29) is 11.9 Å². The van der Waals surface area contributed by atoms with Crippen molar-refractivity contribution in [2.24, 2.45) is 0 Å². The Balaban J connectivity index is 1.69. The van der Waals surface area contributed by atoms with Crippen LogP contribution >= 0.6 is 0 Å². The molecule has 1 unspecified atom stereocenters. The van der Waals surface area contributed by atoms with Crippen molar-refractivity contribution in [3.8, 4) is 0 Å². The molecule has 88 valence electrons. The van der Waals surface area contributed by atoms with Gasteiger partial charge >= 0.3 is 0 Å². The minimum Gasteiger partial charge on any atom is -0.374 e. The molecule has 16 heavy (non-hydrogen) atoms. The molecule has 0 aliphatic carbocycles. The summed E-state index contributed by atoms with van der Waals surface area (Å²) < 4.78 is 23.6. The Bertz CT molecular complexity index is 309. The summed E-state index contributed by atoms with van der Waals surface area (Å²) in [7, 11) is 0. The Hall–Kier alpha value is -0.970. The highest BCUT2D eigenvalue weighted by atomic mass is 19.1. The van der Waals surface area contributed by atoms with Crippen molar-refractivity contribution >= 4 is 0 Å². The SMILES string of the molecule is Fc1ccc(COCC2CNCCO2)cc1. The zero-order valence-electron chi connectivity index (χ0n) is 9.12. The minimum absolute atomic E-state index is 0.134. The fourth-order valence-electron chi connectivity index (χ4n) is 1.62. The van der Waals surface area contributed by atoms with E-state index in [9.17, 15) is 4.39 Å². The van der Waals surface area contributed by atoms with E-state index in [1.165, 1.54) is 12.1 Å². The van der Waals surface area contributed by atoms with Gasteiger partial charge in [0.15, 0.2) is 0 Å². The van der Waals surface area contributed by atoms with E-state index in [0.29, 0.717) is 13.2 Å². The van der Waals surface area contributed by atoms with E-state index >= 15 is 0 Å². The molecular formula is C12H16FNO2. The first kappa shape index (κ1) is 11.5. The van der Waals surface area contributed by atoms with Crippen LogP contribution in [0.2, 0.25) is 0 Å². The summed E-state index contributed by atoms with van der Waals surface area (Å²) in [4.78, 5) is 0. The van der Waals surface area contributed by atoms with E-state index in [0.717, 1.165) is 25.3 Å². The summed E-state index contributed by atoms with van der Waals surface area (Å²) in [6.07, 6.45) is 0.134. The first-order chi connectivity index (χ1) is 7.84. The van der Waals surface area contributed by atoms with Gasteiger partial charge in [-0.25, -0.2) is 4.39 Å². The molecule has 0 saturated carbocycles. The zero-order valence-corrected chi connectivity index (χ0v) is 9.12. The second kappa shape index (κ2) is 5.94. The van der Waals surface area contributed by atoms with Gasteiger partial charge in [0, 0.05) is 13.1 Å². The highest BCUT2D eigenvalue weighted by molar-refractivity contribution is 5.14. The summed E-state index contributed by atoms with van der Waals surface area (Å²) >= 11 is 0. The van der Waals surface area contributed by atoms with Gasteiger partial charge in [-0.15, -0.1) is 0 Å². The maximum atomic E-state index is 12.6. The molecule has 1 atom stereocenters. The minimum atomic E-state index is -0.219. The monoisotopic (exact) mass is 225 g/mol. The number of hydrogen-bond acceptors (Lipinski definition) is 3. The predicted molar refractivity (Wildman–Crippen MR) is 58.7 cm³/mol. The van der Waals surface area contributed by atoms with Crippen LogP contribution in [-0.2, 0) is 16.1 Å². The molecule has 1 fully saturated rings. The second-order valence-corrected chi connectivity index (χ2v) is 3.84. The Labute approximate surface area is 94.6 Å². The average Bonchev–Trinajstić information content (AvgIpc) is 2.33. The van der Waals surface area contributed by atoms with E-state index < -0.39 is 0 Å². The van der Waals surface area contributed by atoms with E-state index in [4.69, 9.17) is 9.47 Å². The number of hydrogen-bond donors (Lipinski definition) is 1. The third-order valence-corrected chi connectivity index (χ3v) is 2.49. The smallest absolute Gasteiger partial charge is 0.123 e. The molecule has 1 heterocycles. The van der Waals surface area contributed by atoms with Gasteiger partial charge in [-0.1, -0.05) is 12.1 Å². The van der Waals surface area contributed by atoms with Crippen molar-refractivity contribution in [1.29, 1.82) is 0 Å². The molecule has 1 saturated heterocycles. The molecule has 1 aromatic carbocycles. The van der Waals surface area contributed by atoms with Gasteiger partial charge in [0.05, 0.1) is 25.9 Å². The van der Waals surface area contributed by atoms with Gasteiger partial charge in [0.2, 0.25) is 0 Å². The molecular weight excluding hydrogens is 209 g/mol. The number of morpholine rings is 1. The lowest BCUT2D eigenvalue weighted by Crippen LogP contribution is -2.40. The van der Waals surface area contributed by atoms with Crippen molar-refractivity contribution in [3.05, 3.63) is 35.6 Å². The average molecular weight is 225 g/mol. The first-order valence-corrected chi connectivity index (χ1v) is 5.49. The third-order valence-electron chi connectivity index (χ3n) is 2.49. The maximum absolute atomic E-state index is 12.6. The van der Waals surface area contributed by atoms with Gasteiger partial charge in [-0.3, -0.25) is 0 Å². The van der Waals surface area contributed by atoms with Gasteiger partial charge in [-0.2, -0.15) is 0 Å². The normalized spacial score (nSPS) is 20.9. The Morgan fingerprint density at radius 3 is 2.88 bits per heavy atom. The van der Waals surface area contributed by atoms with Crippen molar-refractivity contribution in [2.75, 3.05) is 26.3 Å². The molecule has 4 heteroatoms. The van der Waals surface area contributed by atoms with Crippen molar-refractivity contribution in [2.45, 2.75) is 12.7 Å². The van der Waals surface area contributed by atoms with Crippen LogP contribution < -0.4 is 5.32 Å². The van der Waals surface area contributed by atoms with Crippen LogP contribution in [0.5, 0.6) is 0 Å². The highest BCUT2D eigenvalue weighted by Crippen LogP contribution is 2.05. The van der Waals surface area contributed by atoms with Crippen molar-refractivity contribution in [1.82, 2.24) is 5.32 Å². The molecule has 1 aliphatic rings. The number of rotatable bonds is 4. The summed E-state index contributed by atoms with van der Waals surface area (Å²) in [5.74, 6) is -0.219. The van der Waals surface area contributed by atoms with E-state index in [1.54, 1.807) is 12.1 Å². The fourth-order valence-corrected chi connectivity index (χ4v) is 1.62. The van der Waals surface area contributed by atoms with E-state index in [2.05, 4.69) is 5.32 Å². The molecule has 0 spiro atoms. The fraction of sp³-hybridized carbons (Fsp3) is 0.500. The van der Waals surface area contributed by atoms with Crippen LogP contribution in [0.1, 0.15) is 5.56 Å². The van der Waals surface area contributed by atoms with Crippen LogP contribution in [0, 0.1) is 5.82 Å². The number of benzene rings is 1. The van der Waals surface area contributed by atoms with Crippen molar-refractivity contribution in [3.63, 3.8) is 0 Å². The molecule has 1 aromatic rings. The molecule has 3 nitrogen and oxygen atoms in total. The number of ether oxygens (including phenoxy) is 2. The first-order valence-electron chi connectivity index (χ1n) is 5.49. The Morgan fingerprint density at radius 1 is 1.38 bits per heavy atom. The summed E-state index contributed by atoms with van der Waals surface area (Å²) in [5, 5.41) is 3.24. The quantitative estimate of drug-likeness (QED) is 0.838. The van der Waals surface area contributed by atoms with Crippen LogP contribution in [0.3, 0.4) is 0 Å². The van der Waals surface area contributed by atoms with Gasteiger partial charge in [0.1, 0.15) is 5.82 Å². The number of nitrogens with one attached hydrogen (secondary N) is 1. The molecule has 0 bridgehead atoms. The van der Waals surface area contributed by atoms with Gasteiger partial charge in [-0.05, 0) is 17.7 Å². The lowest BCUT2D eigenvalue weighted by molar-refractivity contribution is -0.0357. The predicted octanol–water partition coefficient (Wildman–Crippen LogP) is 1.33. The lowest BCUT2D eigenvalue weighted by atomic mass is 10.2. The second-order valence-electron chi connectivity index (χ2n) is 3.84. The zero-order chi connectivity index (χ0) is 11.2. The van der Waals surface area contributed by atoms with Crippen LogP contribution in [0.4, 0.5) is 4.39 Å². The molecule has 0 radical (unpaired) electrons.